The first kappa shape index (κ1) is 16.5. The van der Waals surface area contributed by atoms with Crippen molar-refractivity contribution < 1.29 is 0 Å². The molecule has 1 aliphatic rings. The van der Waals surface area contributed by atoms with Crippen molar-refractivity contribution in [3.63, 3.8) is 0 Å². The maximum Gasteiger partial charge on any atom is 0.0243 e. The van der Waals surface area contributed by atoms with Gasteiger partial charge in [0.15, 0.2) is 0 Å². The second-order valence-electron chi connectivity index (χ2n) is 6.76. The van der Waals surface area contributed by atoms with Crippen molar-refractivity contribution in [1.29, 1.82) is 0 Å². The molecule has 0 saturated carbocycles. The van der Waals surface area contributed by atoms with Gasteiger partial charge in [-0.05, 0) is 50.3 Å². The van der Waals surface area contributed by atoms with Gasteiger partial charge in [-0.3, -0.25) is 4.90 Å². The Morgan fingerprint density at radius 1 is 1.10 bits per heavy atom. The van der Waals surface area contributed by atoms with E-state index in [4.69, 9.17) is 0 Å². The van der Waals surface area contributed by atoms with E-state index in [9.17, 15) is 0 Å². The number of likely N-dealkylation sites (tertiary alicyclic amines) is 1. The Balaban J connectivity index is 1.85. The minimum atomic E-state index is 0.594. The van der Waals surface area contributed by atoms with Crippen LogP contribution in [0.5, 0.6) is 0 Å². The highest BCUT2D eigenvalue weighted by Crippen LogP contribution is 2.17. The topological polar surface area (TPSA) is 15.3 Å². The molecule has 1 saturated heterocycles. The molecule has 2 nitrogen and oxygen atoms in total. The van der Waals surface area contributed by atoms with Gasteiger partial charge in [-0.1, -0.05) is 51.1 Å². The van der Waals surface area contributed by atoms with Crippen LogP contribution in [0.2, 0.25) is 0 Å². The smallest absolute Gasteiger partial charge is 0.0243 e. The van der Waals surface area contributed by atoms with Crippen LogP contribution in [0, 0.1) is 5.92 Å². The molecule has 0 spiro atoms. The van der Waals surface area contributed by atoms with Crippen LogP contribution in [0.4, 0.5) is 0 Å². The summed E-state index contributed by atoms with van der Waals surface area (Å²) in [6, 6.07) is 12.1. The first-order valence-corrected chi connectivity index (χ1v) is 8.72. The molecule has 21 heavy (non-hydrogen) atoms. The van der Waals surface area contributed by atoms with Crippen molar-refractivity contribution in [3.05, 3.63) is 35.9 Å². The maximum atomic E-state index is 3.83. The lowest BCUT2D eigenvalue weighted by Gasteiger charge is -2.32. The highest BCUT2D eigenvalue weighted by Gasteiger charge is 2.24. The largest absolute Gasteiger partial charge is 0.312 e. The highest BCUT2D eigenvalue weighted by atomic mass is 15.2. The van der Waals surface area contributed by atoms with E-state index in [0.717, 1.165) is 18.9 Å². The Morgan fingerprint density at radius 3 is 2.33 bits per heavy atom. The molecule has 2 atom stereocenters. The molecule has 1 heterocycles. The third-order valence-electron chi connectivity index (χ3n) is 4.81. The van der Waals surface area contributed by atoms with E-state index < -0.39 is 0 Å². The Morgan fingerprint density at radius 2 is 1.76 bits per heavy atom. The number of nitrogens with zero attached hydrogens (tertiary/aromatic N) is 1. The zero-order valence-electron chi connectivity index (χ0n) is 14.0. The van der Waals surface area contributed by atoms with Crippen LogP contribution in [-0.4, -0.2) is 36.6 Å². The van der Waals surface area contributed by atoms with E-state index in [0.29, 0.717) is 12.1 Å². The Kier molecular flexibility index (Phi) is 6.72. The van der Waals surface area contributed by atoms with Gasteiger partial charge in [0, 0.05) is 18.6 Å². The van der Waals surface area contributed by atoms with Gasteiger partial charge in [-0.2, -0.15) is 0 Å². The molecule has 0 amide bonds. The van der Waals surface area contributed by atoms with Gasteiger partial charge in [-0.15, -0.1) is 0 Å². The second-order valence-corrected chi connectivity index (χ2v) is 6.76. The van der Waals surface area contributed by atoms with Gasteiger partial charge < -0.3 is 5.32 Å². The fourth-order valence-corrected chi connectivity index (χ4v) is 3.41. The summed E-state index contributed by atoms with van der Waals surface area (Å²) in [4.78, 5) is 2.69. The van der Waals surface area contributed by atoms with Gasteiger partial charge in [0.25, 0.3) is 0 Å². The summed E-state index contributed by atoms with van der Waals surface area (Å²) in [7, 11) is 0. The maximum absolute atomic E-state index is 3.83. The minimum absolute atomic E-state index is 0.594. The van der Waals surface area contributed by atoms with Crippen molar-refractivity contribution in [2.75, 3.05) is 19.6 Å². The molecule has 2 rings (SSSR count). The Labute approximate surface area is 130 Å². The monoisotopic (exact) mass is 288 g/mol. The fourth-order valence-electron chi connectivity index (χ4n) is 3.41. The van der Waals surface area contributed by atoms with Crippen LogP contribution >= 0.6 is 0 Å². The molecular weight excluding hydrogens is 256 g/mol. The van der Waals surface area contributed by atoms with Gasteiger partial charge in [0.1, 0.15) is 0 Å². The Bertz CT molecular complexity index is 382. The molecule has 1 N–H and O–H groups in total. The number of nitrogens with one attached hydrogen (secondary N) is 1. The summed E-state index contributed by atoms with van der Waals surface area (Å²) in [6.45, 7) is 10.7. The molecule has 1 aromatic carbocycles. The number of hydrogen-bond donors (Lipinski definition) is 1. The van der Waals surface area contributed by atoms with Crippen LogP contribution in [0.3, 0.4) is 0 Å². The minimum Gasteiger partial charge on any atom is -0.312 e. The highest BCUT2D eigenvalue weighted by molar-refractivity contribution is 5.15. The summed E-state index contributed by atoms with van der Waals surface area (Å²) < 4.78 is 0. The predicted molar refractivity (Wildman–Crippen MR) is 91.7 cm³/mol. The molecule has 2 heteroatoms. The molecule has 1 fully saturated rings. The standard InChI is InChI=1S/C19H32N2/c1-4-18(14-17-10-6-5-7-11-17)20-15-19(16(2)3)21-12-8-9-13-21/h5-7,10-11,16,18-20H,4,8-9,12-15H2,1-3H3. The lowest BCUT2D eigenvalue weighted by Crippen LogP contribution is -2.47. The molecule has 0 bridgehead atoms. The molecule has 118 valence electrons. The summed E-state index contributed by atoms with van der Waals surface area (Å²) >= 11 is 0. The van der Waals surface area contributed by atoms with E-state index >= 15 is 0 Å². The molecule has 0 radical (unpaired) electrons. The quantitative estimate of drug-likeness (QED) is 0.784. The van der Waals surface area contributed by atoms with Crippen molar-refractivity contribution in [3.8, 4) is 0 Å². The average molecular weight is 288 g/mol. The summed E-state index contributed by atoms with van der Waals surface area (Å²) in [5.41, 5.74) is 1.44. The molecular formula is C19H32N2. The van der Waals surface area contributed by atoms with E-state index in [-0.39, 0.29) is 0 Å². The van der Waals surface area contributed by atoms with Gasteiger partial charge >= 0.3 is 0 Å². The first-order chi connectivity index (χ1) is 10.2. The van der Waals surface area contributed by atoms with Gasteiger partial charge in [0.05, 0.1) is 0 Å². The normalized spacial score (nSPS) is 19.0. The van der Waals surface area contributed by atoms with Crippen molar-refractivity contribution in [2.45, 2.75) is 58.5 Å². The first-order valence-electron chi connectivity index (χ1n) is 8.72. The molecule has 2 unspecified atom stereocenters. The summed E-state index contributed by atoms with van der Waals surface area (Å²) in [6.07, 6.45) is 5.09. The van der Waals surface area contributed by atoms with Crippen LogP contribution in [-0.2, 0) is 6.42 Å². The SMILES string of the molecule is CCC(Cc1ccccc1)NCC(C(C)C)N1CCCC1. The van der Waals surface area contributed by atoms with Gasteiger partial charge in [0.2, 0.25) is 0 Å². The van der Waals surface area contributed by atoms with Crippen molar-refractivity contribution >= 4 is 0 Å². The van der Waals surface area contributed by atoms with Crippen LogP contribution in [0.1, 0.15) is 45.6 Å². The summed E-state index contributed by atoms with van der Waals surface area (Å²) in [5, 5.41) is 3.83. The van der Waals surface area contributed by atoms with Crippen LogP contribution < -0.4 is 5.32 Å². The number of hydrogen-bond acceptors (Lipinski definition) is 2. The molecule has 0 aliphatic carbocycles. The molecule has 0 aromatic heterocycles. The van der Waals surface area contributed by atoms with Crippen LogP contribution in [0.15, 0.2) is 30.3 Å². The van der Waals surface area contributed by atoms with E-state index in [1.54, 1.807) is 0 Å². The third-order valence-corrected chi connectivity index (χ3v) is 4.81. The van der Waals surface area contributed by atoms with E-state index in [1.807, 2.05) is 0 Å². The zero-order valence-corrected chi connectivity index (χ0v) is 14.0. The van der Waals surface area contributed by atoms with Crippen LogP contribution in [0.25, 0.3) is 0 Å². The lowest BCUT2D eigenvalue weighted by molar-refractivity contribution is 0.181. The van der Waals surface area contributed by atoms with E-state index in [1.165, 1.54) is 37.9 Å². The molecule has 1 aromatic rings. The molecule has 1 aliphatic heterocycles. The second kappa shape index (κ2) is 8.55. The van der Waals surface area contributed by atoms with Gasteiger partial charge in [-0.25, -0.2) is 0 Å². The lowest BCUT2D eigenvalue weighted by atomic mass is 10.00. The average Bonchev–Trinajstić information content (AvgIpc) is 3.01. The number of rotatable bonds is 8. The Hall–Kier alpha value is -0.860. The zero-order chi connectivity index (χ0) is 15.1. The van der Waals surface area contributed by atoms with Crippen molar-refractivity contribution in [1.82, 2.24) is 10.2 Å². The fraction of sp³-hybridized carbons (Fsp3) is 0.684. The third kappa shape index (κ3) is 5.12. The summed E-state index contributed by atoms with van der Waals surface area (Å²) in [5.74, 6) is 0.727. The number of benzene rings is 1. The predicted octanol–water partition coefficient (Wildman–Crippen LogP) is 3.72. The van der Waals surface area contributed by atoms with Crippen molar-refractivity contribution in [2.24, 2.45) is 5.92 Å². The van der Waals surface area contributed by atoms with E-state index in [2.05, 4.69) is 61.3 Å².